The summed E-state index contributed by atoms with van der Waals surface area (Å²) in [5, 5.41) is 11.1. The Hall–Kier alpha value is -1.51. The fourth-order valence-electron chi connectivity index (χ4n) is 0.734. The zero-order valence-corrected chi connectivity index (χ0v) is 5.95. The second-order valence-corrected chi connectivity index (χ2v) is 2.11. The first-order valence-electron chi connectivity index (χ1n) is 3.30. The standard InChI is InChI=1S/C8H9NO2.H2/c10-8(11)6-9-7-4-2-1-3-5-7;/h1-5,9H,6H2,(H,10,11);1H. The highest BCUT2D eigenvalue weighted by Gasteiger charge is 1.93. The largest absolute Gasteiger partial charge is 0.480 e. The Bertz CT molecular complexity index is 238. The average Bonchev–Trinajstić information content (AvgIpc) is 2.03. The average molecular weight is 153 g/mol. The maximum atomic E-state index is 10.1. The summed E-state index contributed by atoms with van der Waals surface area (Å²) in [5.74, 6) is -0.853. The van der Waals surface area contributed by atoms with Gasteiger partial charge in [-0.3, -0.25) is 4.79 Å². The lowest BCUT2D eigenvalue weighted by atomic mass is 10.3. The summed E-state index contributed by atoms with van der Waals surface area (Å²) in [6.45, 7) is -0.0377. The van der Waals surface area contributed by atoms with E-state index in [-0.39, 0.29) is 7.97 Å². The second kappa shape index (κ2) is 3.61. The Morgan fingerprint density at radius 3 is 2.64 bits per heavy atom. The van der Waals surface area contributed by atoms with Crippen molar-refractivity contribution < 1.29 is 11.3 Å². The number of hydrogen-bond acceptors (Lipinski definition) is 2. The van der Waals surface area contributed by atoms with E-state index >= 15 is 0 Å². The molecule has 0 aliphatic rings. The van der Waals surface area contributed by atoms with Crippen LogP contribution in [0.5, 0.6) is 0 Å². The number of para-hydroxylation sites is 1. The van der Waals surface area contributed by atoms with Crippen molar-refractivity contribution in [3.63, 3.8) is 0 Å². The number of benzene rings is 1. The van der Waals surface area contributed by atoms with Crippen molar-refractivity contribution in [2.45, 2.75) is 0 Å². The molecule has 0 atom stereocenters. The lowest BCUT2D eigenvalue weighted by molar-refractivity contribution is -0.134. The quantitative estimate of drug-likeness (QED) is 0.690. The van der Waals surface area contributed by atoms with Crippen molar-refractivity contribution in [3.05, 3.63) is 30.3 Å². The summed E-state index contributed by atoms with van der Waals surface area (Å²) in [5.41, 5.74) is 0.829. The van der Waals surface area contributed by atoms with E-state index in [0.717, 1.165) is 5.69 Å². The molecule has 1 aromatic rings. The van der Waals surface area contributed by atoms with Crippen LogP contribution >= 0.6 is 0 Å². The van der Waals surface area contributed by atoms with E-state index in [1.54, 1.807) is 0 Å². The first-order chi connectivity index (χ1) is 5.29. The van der Waals surface area contributed by atoms with E-state index in [9.17, 15) is 4.79 Å². The van der Waals surface area contributed by atoms with E-state index in [4.69, 9.17) is 5.11 Å². The summed E-state index contributed by atoms with van der Waals surface area (Å²) in [4.78, 5) is 10.1. The Morgan fingerprint density at radius 1 is 1.45 bits per heavy atom. The van der Waals surface area contributed by atoms with Gasteiger partial charge < -0.3 is 10.4 Å². The molecule has 0 aromatic heterocycles. The minimum atomic E-state index is -0.853. The van der Waals surface area contributed by atoms with Gasteiger partial charge in [-0.2, -0.15) is 0 Å². The summed E-state index contributed by atoms with van der Waals surface area (Å²) >= 11 is 0. The molecule has 0 saturated carbocycles. The number of rotatable bonds is 3. The van der Waals surface area contributed by atoms with E-state index in [0.29, 0.717) is 0 Å². The molecular formula is C8H11NO2. The number of anilines is 1. The molecule has 1 rings (SSSR count). The highest BCUT2D eigenvalue weighted by molar-refractivity contribution is 5.72. The fourth-order valence-corrected chi connectivity index (χ4v) is 0.734. The van der Waals surface area contributed by atoms with Gasteiger partial charge in [0, 0.05) is 7.11 Å². The van der Waals surface area contributed by atoms with E-state index in [2.05, 4.69) is 5.32 Å². The molecule has 0 aliphatic carbocycles. The van der Waals surface area contributed by atoms with Gasteiger partial charge in [0.15, 0.2) is 0 Å². The summed E-state index contributed by atoms with van der Waals surface area (Å²) < 4.78 is 0. The van der Waals surface area contributed by atoms with E-state index in [1.165, 1.54) is 0 Å². The monoisotopic (exact) mass is 153 g/mol. The van der Waals surface area contributed by atoms with Gasteiger partial charge in [0.2, 0.25) is 0 Å². The molecule has 3 nitrogen and oxygen atoms in total. The van der Waals surface area contributed by atoms with Crippen LogP contribution in [0, 0.1) is 0 Å². The maximum absolute atomic E-state index is 10.1. The van der Waals surface area contributed by atoms with E-state index < -0.39 is 5.97 Å². The van der Waals surface area contributed by atoms with Gasteiger partial charge in [0.1, 0.15) is 6.54 Å². The van der Waals surface area contributed by atoms with Crippen LogP contribution in [0.1, 0.15) is 1.43 Å². The summed E-state index contributed by atoms with van der Waals surface area (Å²) in [6, 6.07) is 9.23. The Morgan fingerprint density at radius 2 is 2.09 bits per heavy atom. The van der Waals surface area contributed by atoms with E-state index in [1.807, 2.05) is 30.3 Å². The van der Waals surface area contributed by atoms with Crippen molar-refractivity contribution in [1.29, 1.82) is 0 Å². The molecule has 0 radical (unpaired) electrons. The van der Waals surface area contributed by atoms with Crippen LogP contribution in [0.2, 0.25) is 0 Å². The van der Waals surface area contributed by atoms with Crippen LogP contribution in [-0.2, 0) is 4.79 Å². The molecule has 0 heterocycles. The van der Waals surface area contributed by atoms with Gasteiger partial charge in [-0.25, -0.2) is 0 Å². The maximum Gasteiger partial charge on any atom is 0.322 e. The fraction of sp³-hybridized carbons (Fsp3) is 0.125. The smallest absolute Gasteiger partial charge is 0.322 e. The number of hydrogen-bond donors (Lipinski definition) is 2. The van der Waals surface area contributed by atoms with Crippen LogP contribution in [0.25, 0.3) is 0 Å². The molecule has 60 valence electrons. The molecule has 0 aliphatic heterocycles. The van der Waals surface area contributed by atoms with Gasteiger partial charge in [-0.15, -0.1) is 0 Å². The molecule has 0 amide bonds. The van der Waals surface area contributed by atoms with Gasteiger partial charge in [-0.05, 0) is 12.1 Å². The highest BCUT2D eigenvalue weighted by Crippen LogP contribution is 2.03. The SMILES string of the molecule is O=C(O)CNc1ccccc1.[HH]. The van der Waals surface area contributed by atoms with Crippen LogP contribution in [0.15, 0.2) is 30.3 Å². The molecule has 1 aromatic carbocycles. The third-order valence-corrected chi connectivity index (χ3v) is 1.22. The topological polar surface area (TPSA) is 49.3 Å². The lowest BCUT2D eigenvalue weighted by Crippen LogP contribution is -2.11. The number of carbonyl (C=O) groups is 1. The lowest BCUT2D eigenvalue weighted by Gasteiger charge is -2.00. The van der Waals surface area contributed by atoms with Crippen LogP contribution < -0.4 is 5.32 Å². The zero-order valence-electron chi connectivity index (χ0n) is 5.95. The van der Waals surface area contributed by atoms with Crippen molar-refractivity contribution >= 4 is 11.7 Å². The van der Waals surface area contributed by atoms with Gasteiger partial charge in [0.25, 0.3) is 0 Å². The summed E-state index contributed by atoms with van der Waals surface area (Å²) in [7, 11) is 0. The minimum absolute atomic E-state index is 0. The Labute approximate surface area is 66.2 Å². The second-order valence-electron chi connectivity index (χ2n) is 2.11. The van der Waals surface area contributed by atoms with Gasteiger partial charge >= 0.3 is 5.97 Å². The first kappa shape index (κ1) is 7.60. The normalized spacial score (nSPS) is 9.09. The molecule has 0 bridgehead atoms. The number of nitrogens with one attached hydrogen (secondary N) is 1. The minimum Gasteiger partial charge on any atom is -0.480 e. The predicted octanol–water partition coefficient (Wildman–Crippen LogP) is 1.43. The molecule has 0 fully saturated rings. The van der Waals surface area contributed by atoms with Crippen LogP contribution in [-0.4, -0.2) is 17.6 Å². The molecular weight excluding hydrogens is 142 g/mol. The molecule has 3 heteroatoms. The molecule has 0 spiro atoms. The number of aliphatic carboxylic acids is 1. The van der Waals surface area contributed by atoms with Gasteiger partial charge in [-0.1, -0.05) is 18.2 Å². The number of carboxylic acid groups (broad SMARTS) is 1. The Balaban J connectivity index is 0.00000121. The Kier molecular flexibility index (Phi) is 2.49. The third kappa shape index (κ3) is 2.71. The molecule has 0 saturated heterocycles. The van der Waals surface area contributed by atoms with Crippen molar-refractivity contribution in [3.8, 4) is 0 Å². The molecule has 11 heavy (non-hydrogen) atoms. The molecule has 2 N–H and O–H groups in total. The van der Waals surface area contributed by atoms with Crippen LogP contribution in [0.3, 0.4) is 0 Å². The molecule has 0 unspecified atom stereocenters. The van der Waals surface area contributed by atoms with Crippen molar-refractivity contribution in [2.24, 2.45) is 0 Å². The zero-order chi connectivity index (χ0) is 8.10. The predicted molar refractivity (Wildman–Crippen MR) is 44.7 cm³/mol. The number of carboxylic acids is 1. The van der Waals surface area contributed by atoms with Crippen molar-refractivity contribution in [2.75, 3.05) is 11.9 Å². The summed E-state index contributed by atoms with van der Waals surface area (Å²) in [6.07, 6.45) is 0. The third-order valence-electron chi connectivity index (χ3n) is 1.22. The first-order valence-corrected chi connectivity index (χ1v) is 3.30. The van der Waals surface area contributed by atoms with Crippen LogP contribution in [0.4, 0.5) is 5.69 Å². The highest BCUT2D eigenvalue weighted by atomic mass is 16.4. The van der Waals surface area contributed by atoms with Gasteiger partial charge in [0.05, 0.1) is 0 Å². The van der Waals surface area contributed by atoms with Crippen molar-refractivity contribution in [1.82, 2.24) is 0 Å².